The number of nitrogens with zero attached hydrogens (tertiary/aromatic N) is 2. The van der Waals surface area contributed by atoms with E-state index in [1.54, 1.807) is 0 Å². The van der Waals surface area contributed by atoms with Crippen molar-refractivity contribution < 1.29 is 9.59 Å². The highest BCUT2D eigenvalue weighted by atomic mass is 16.2. The van der Waals surface area contributed by atoms with E-state index in [1.807, 2.05) is 93.2 Å². The fraction of sp³-hybridized carbons (Fsp3) is 0.417. The lowest BCUT2D eigenvalue weighted by Gasteiger charge is -2.33. The molecule has 30 heavy (non-hydrogen) atoms. The predicted octanol–water partition coefficient (Wildman–Crippen LogP) is 4.64. The van der Waals surface area contributed by atoms with Crippen molar-refractivity contribution in [1.82, 2.24) is 10.2 Å². The van der Waals surface area contributed by atoms with Crippen molar-refractivity contribution in [3.05, 3.63) is 59.7 Å². The molecular formula is C24H34N4O2. The van der Waals surface area contributed by atoms with Crippen LogP contribution in [-0.4, -0.2) is 37.5 Å². The Labute approximate surface area is 180 Å². The van der Waals surface area contributed by atoms with Gasteiger partial charge in [0.2, 0.25) is 5.91 Å². The van der Waals surface area contributed by atoms with Crippen LogP contribution in [0.25, 0.3) is 0 Å². The summed E-state index contributed by atoms with van der Waals surface area (Å²) in [6, 6.07) is 15.5. The van der Waals surface area contributed by atoms with Gasteiger partial charge in [0, 0.05) is 44.5 Å². The summed E-state index contributed by atoms with van der Waals surface area (Å²) in [7, 11) is 3.95. The lowest BCUT2D eigenvalue weighted by Crippen LogP contribution is -2.36. The number of carbonyl (C=O) groups excluding carboxylic acids is 2. The largest absolute Gasteiger partial charge is 0.377 e. The van der Waals surface area contributed by atoms with Gasteiger partial charge in [-0.05, 0) is 43.2 Å². The van der Waals surface area contributed by atoms with Crippen LogP contribution < -0.4 is 15.5 Å². The number of urea groups is 1. The van der Waals surface area contributed by atoms with E-state index >= 15 is 0 Å². The van der Waals surface area contributed by atoms with E-state index in [-0.39, 0.29) is 23.9 Å². The molecule has 6 nitrogen and oxygen atoms in total. The molecule has 0 aliphatic rings. The quantitative estimate of drug-likeness (QED) is 0.666. The lowest BCUT2D eigenvalue weighted by atomic mass is 10.0. The molecule has 0 aliphatic carbocycles. The van der Waals surface area contributed by atoms with Gasteiger partial charge < -0.3 is 20.4 Å². The first-order valence-electron chi connectivity index (χ1n) is 10.4. The Morgan fingerprint density at radius 3 is 2.23 bits per heavy atom. The number of nitrogens with one attached hydrogen (secondary N) is 2. The average Bonchev–Trinajstić information content (AvgIpc) is 2.71. The smallest absolute Gasteiger partial charge is 0.319 e. The van der Waals surface area contributed by atoms with Crippen molar-refractivity contribution in [3.63, 3.8) is 0 Å². The van der Waals surface area contributed by atoms with Crippen LogP contribution in [0.3, 0.4) is 0 Å². The van der Waals surface area contributed by atoms with Gasteiger partial charge in [-0.3, -0.25) is 4.79 Å². The minimum absolute atomic E-state index is 0.0730. The Morgan fingerprint density at radius 2 is 1.67 bits per heavy atom. The average molecular weight is 411 g/mol. The van der Waals surface area contributed by atoms with Crippen LogP contribution in [0.2, 0.25) is 0 Å². The summed E-state index contributed by atoms with van der Waals surface area (Å²) in [5.74, 6) is -0.0197. The zero-order chi connectivity index (χ0) is 22.3. The van der Waals surface area contributed by atoms with Gasteiger partial charge >= 0.3 is 6.03 Å². The van der Waals surface area contributed by atoms with Crippen molar-refractivity contribution in [2.24, 2.45) is 5.92 Å². The van der Waals surface area contributed by atoms with Gasteiger partial charge in [0.25, 0.3) is 0 Å². The molecule has 162 valence electrons. The Balaban J connectivity index is 2.41. The Kier molecular flexibility index (Phi) is 8.27. The van der Waals surface area contributed by atoms with Gasteiger partial charge in [0.15, 0.2) is 0 Å². The van der Waals surface area contributed by atoms with Crippen molar-refractivity contribution in [3.8, 4) is 0 Å². The van der Waals surface area contributed by atoms with Crippen LogP contribution in [0.15, 0.2) is 48.5 Å². The molecule has 2 N–H and O–H groups in total. The maximum absolute atomic E-state index is 13.1. The normalized spacial score (nSPS) is 11.7. The summed E-state index contributed by atoms with van der Waals surface area (Å²) >= 11 is 0. The summed E-state index contributed by atoms with van der Waals surface area (Å²) in [5.41, 5.74) is 3.78. The highest BCUT2D eigenvalue weighted by molar-refractivity contribution is 5.89. The number of anilines is 2. The van der Waals surface area contributed by atoms with Crippen LogP contribution in [0, 0.1) is 5.92 Å². The molecule has 0 spiro atoms. The fourth-order valence-corrected chi connectivity index (χ4v) is 3.39. The molecule has 0 fully saturated rings. The number of benzene rings is 2. The first-order chi connectivity index (χ1) is 14.2. The standard InChI is InChI=1S/C24H34N4O2/c1-7-25-24(30)26-21-13-14-22(27(5)6)20(15-21)16-28(23(29)17(2)3)18(4)19-11-9-8-10-12-19/h8-15,17-18H,7,16H2,1-6H3,(H2,25,26,30)/t18-/m0/s1. The highest BCUT2D eigenvalue weighted by Crippen LogP contribution is 2.29. The summed E-state index contributed by atoms with van der Waals surface area (Å²) in [6.45, 7) is 8.79. The van der Waals surface area contributed by atoms with Crippen molar-refractivity contribution >= 4 is 23.3 Å². The molecule has 0 aromatic heterocycles. The molecule has 1 atom stereocenters. The van der Waals surface area contributed by atoms with Gasteiger partial charge in [-0.1, -0.05) is 44.2 Å². The third-order valence-corrected chi connectivity index (χ3v) is 5.02. The van der Waals surface area contributed by atoms with Gasteiger partial charge in [-0.2, -0.15) is 0 Å². The first kappa shape index (κ1) is 23.3. The zero-order valence-corrected chi connectivity index (χ0v) is 18.9. The van der Waals surface area contributed by atoms with E-state index < -0.39 is 0 Å². The maximum Gasteiger partial charge on any atom is 0.319 e. The molecule has 0 saturated heterocycles. The molecule has 0 radical (unpaired) electrons. The molecule has 0 saturated carbocycles. The second-order valence-electron chi connectivity index (χ2n) is 7.93. The number of hydrogen-bond donors (Lipinski definition) is 2. The number of carbonyl (C=O) groups is 2. The van der Waals surface area contributed by atoms with Gasteiger partial charge in [0.1, 0.15) is 0 Å². The number of hydrogen-bond acceptors (Lipinski definition) is 3. The van der Waals surface area contributed by atoms with E-state index in [0.717, 1.165) is 16.8 Å². The summed E-state index contributed by atoms with van der Waals surface area (Å²) in [6.07, 6.45) is 0. The topological polar surface area (TPSA) is 64.7 Å². The molecule has 0 bridgehead atoms. The van der Waals surface area contributed by atoms with E-state index in [9.17, 15) is 9.59 Å². The van der Waals surface area contributed by atoms with Crippen LogP contribution >= 0.6 is 0 Å². The summed E-state index contributed by atoms with van der Waals surface area (Å²) in [5, 5.41) is 5.60. The van der Waals surface area contributed by atoms with E-state index in [1.165, 1.54) is 0 Å². The van der Waals surface area contributed by atoms with E-state index in [0.29, 0.717) is 18.8 Å². The summed E-state index contributed by atoms with van der Waals surface area (Å²) in [4.78, 5) is 29.0. The number of amides is 3. The predicted molar refractivity (Wildman–Crippen MR) is 124 cm³/mol. The Morgan fingerprint density at radius 1 is 1.00 bits per heavy atom. The van der Waals surface area contributed by atoms with Gasteiger partial charge in [-0.25, -0.2) is 4.79 Å². The Hall–Kier alpha value is -3.02. The minimum Gasteiger partial charge on any atom is -0.377 e. The molecule has 0 heterocycles. The minimum atomic E-state index is -0.242. The van der Waals surface area contributed by atoms with Gasteiger partial charge in [-0.15, -0.1) is 0 Å². The maximum atomic E-state index is 13.1. The Bertz CT molecular complexity index is 850. The van der Waals surface area contributed by atoms with Crippen LogP contribution in [0.1, 0.15) is 44.9 Å². The number of rotatable bonds is 8. The molecule has 2 aromatic carbocycles. The second-order valence-corrected chi connectivity index (χ2v) is 7.93. The molecular weight excluding hydrogens is 376 g/mol. The molecule has 2 rings (SSSR count). The van der Waals surface area contributed by atoms with Gasteiger partial charge in [0.05, 0.1) is 6.04 Å². The molecule has 2 aromatic rings. The van der Waals surface area contributed by atoms with Crippen LogP contribution in [-0.2, 0) is 11.3 Å². The van der Waals surface area contributed by atoms with Crippen molar-refractivity contribution in [1.29, 1.82) is 0 Å². The first-order valence-corrected chi connectivity index (χ1v) is 10.4. The third-order valence-electron chi connectivity index (χ3n) is 5.02. The molecule has 6 heteroatoms. The zero-order valence-electron chi connectivity index (χ0n) is 18.9. The fourth-order valence-electron chi connectivity index (χ4n) is 3.39. The SMILES string of the molecule is CCNC(=O)Nc1ccc(N(C)C)c(CN(C(=O)C(C)C)[C@@H](C)c2ccccc2)c1. The van der Waals surface area contributed by atoms with Crippen LogP contribution in [0.5, 0.6) is 0 Å². The summed E-state index contributed by atoms with van der Waals surface area (Å²) < 4.78 is 0. The van der Waals surface area contributed by atoms with E-state index in [4.69, 9.17) is 0 Å². The monoisotopic (exact) mass is 410 g/mol. The highest BCUT2D eigenvalue weighted by Gasteiger charge is 2.25. The molecule has 3 amide bonds. The van der Waals surface area contributed by atoms with Crippen molar-refractivity contribution in [2.45, 2.75) is 40.3 Å². The second kappa shape index (κ2) is 10.7. The molecule has 0 aliphatic heterocycles. The lowest BCUT2D eigenvalue weighted by molar-refractivity contribution is -0.137. The van der Waals surface area contributed by atoms with E-state index in [2.05, 4.69) is 17.6 Å². The third kappa shape index (κ3) is 5.99. The molecule has 0 unspecified atom stereocenters. The van der Waals surface area contributed by atoms with Crippen LogP contribution in [0.4, 0.5) is 16.2 Å². The van der Waals surface area contributed by atoms with Crippen molar-refractivity contribution in [2.75, 3.05) is 30.9 Å².